The lowest BCUT2D eigenvalue weighted by atomic mass is 10.00. The molecule has 1 aromatic rings. The summed E-state index contributed by atoms with van der Waals surface area (Å²) in [6.07, 6.45) is 3.17. The van der Waals surface area contributed by atoms with Gasteiger partial charge >= 0.3 is 0 Å². The first-order valence-corrected chi connectivity index (χ1v) is 12.7. The summed E-state index contributed by atoms with van der Waals surface area (Å²) in [4.78, 5) is 29.1. The summed E-state index contributed by atoms with van der Waals surface area (Å²) >= 11 is 0. The molecule has 0 aromatic heterocycles. The molecule has 0 bridgehead atoms. The van der Waals surface area contributed by atoms with Crippen LogP contribution in [0.25, 0.3) is 0 Å². The van der Waals surface area contributed by atoms with Gasteiger partial charge in [0, 0.05) is 37.8 Å². The van der Waals surface area contributed by atoms with Crippen molar-refractivity contribution in [1.82, 2.24) is 9.80 Å². The zero-order valence-electron chi connectivity index (χ0n) is 17.5. The van der Waals surface area contributed by atoms with E-state index in [9.17, 15) is 18.0 Å². The van der Waals surface area contributed by atoms with Crippen molar-refractivity contribution in [2.75, 3.05) is 36.5 Å². The van der Waals surface area contributed by atoms with Crippen molar-refractivity contribution in [3.8, 4) is 0 Å². The number of nitrogens with zero attached hydrogens (tertiary/aromatic N) is 2. The Balaban J connectivity index is 1.30. The Morgan fingerprint density at radius 1 is 1.17 bits per heavy atom. The number of amides is 2. The van der Waals surface area contributed by atoms with Crippen molar-refractivity contribution in [3.05, 3.63) is 29.8 Å². The molecule has 3 fully saturated rings. The Morgan fingerprint density at radius 2 is 1.93 bits per heavy atom. The number of nitrogens with one attached hydrogen (secondary N) is 1. The van der Waals surface area contributed by atoms with E-state index in [-0.39, 0.29) is 35.8 Å². The molecule has 2 amide bonds. The standard InChI is InChI=1S/C22H31N3O4S/c1-16-3-2-9-24(12-16)13-17-4-6-19(7-5-17)23-22(27)18-11-21(26)25(14-18)20-8-10-30(28,29)15-20/h4-7,16,18,20H,2-3,8-15H2,1H3,(H,23,27)/t16-,18+,20+/m1/s1. The summed E-state index contributed by atoms with van der Waals surface area (Å²) in [6, 6.07) is 7.64. The highest BCUT2D eigenvalue weighted by Gasteiger charge is 2.41. The van der Waals surface area contributed by atoms with Gasteiger partial charge in [-0.1, -0.05) is 19.1 Å². The van der Waals surface area contributed by atoms with Gasteiger partial charge in [-0.2, -0.15) is 0 Å². The predicted molar refractivity (Wildman–Crippen MR) is 116 cm³/mol. The molecule has 7 nitrogen and oxygen atoms in total. The molecule has 1 aromatic carbocycles. The van der Waals surface area contributed by atoms with Crippen LogP contribution < -0.4 is 5.32 Å². The predicted octanol–water partition coefficient (Wildman–Crippen LogP) is 1.89. The van der Waals surface area contributed by atoms with E-state index >= 15 is 0 Å². The molecule has 3 saturated heterocycles. The van der Waals surface area contributed by atoms with Crippen LogP contribution in [0.3, 0.4) is 0 Å². The highest BCUT2D eigenvalue weighted by molar-refractivity contribution is 7.91. The van der Waals surface area contributed by atoms with Crippen molar-refractivity contribution in [2.45, 2.75) is 45.2 Å². The lowest BCUT2D eigenvalue weighted by Crippen LogP contribution is -2.38. The number of hydrogen-bond acceptors (Lipinski definition) is 5. The second-order valence-electron chi connectivity index (χ2n) is 9.17. The fourth-order valence-corrected chi connectivity index (χ4v) is 6.64. The highest BCUT2D eigenvalue weighted by atomic mass is 32.2. The smallest absolute Gasteiger partial charge is 0.229 e. The molecule has 0 aliphatic carbocycles. The number of carbonyl (C=O) groups is 2. The lowest BCUT2D eigenvalue weighted by Gasteiger charge is -2.30. The van der Waals surface area contributed by atoms with Crippen molar-refractivity contribution in [1.29, 1.82) is 0 Å². The van der Waals surface area contributed by atoms with Gasteiger partial charge in [0.15, 0.2) is 9.84 Å². The minimum absolute atomic E-state index is 0.0182. The van der Waals surface area contributed by atoms with E-state index in [0.29, 0.717) is 13.0 Å². The first-order valence-electron chi connectivity index (χ1n) is 10.9. The average molecular weight is 434 g/mol. The Labute approximate surface area is 178 Å². The summed E-state index contributed by atoms with van der Waals surface area (Å²) in [6.45, 7) is 5.79. The highest BCUT2D eigenvalue weighted by Crippen LogP contribution is 2.27. The first-order chi connectivity index (χ1) is 14.3. The van der Waals surface area contributed by atoms with Gasteiger partial charge in [0.1, 0.15) is 0 Å². The van der Waals surface area contributed by atoms with Crippen LogP contribution in [0.4, 0.5) is 5.69 Å². The number of sulfone groups is 1. The molecule has 3 aliphatic heterocycles. The van der Waals surface area contributed by atoms with Gasteiger partial charge in [-0.05, 0) is 49.4 Å². The second-order valence-corrected chi connectivity index (χ2v) is 11.4. The number of likely N-dealkylation sites (tertiary alicyclic amines) is 2. The van der Waals surface area contributed by atoms with Gasteiger partial charge < -0.3 is 10.2 Å². The van der Waals surface area contributed by atoms with E-state index in [0.717, 1.165) is 31.2 Å². The molecule has 0 spiro atoms. The van der Waals surface area contributed by atoms with E-state index in [1.54, 1.807) is 4.90 Å². The van der Waals surface area contributed by atoms with Crippen LogP contribution in [0.1, 0.15) is 38.2 Å². The summed E-state index contributed by atoms with van der Waals surface area (Å²) < 4.78 is 23.4. The van der Waals surface area contributed by atoms with Crippen molar-refractivity contribution in [2.24, 2.45) is 11.8 Å². The maximum Gasteiger partial charge on any atom is 0.229 e. The first kappa shape index (κ1) is 21.3. The number of piperidine rings is 1. The van der Waals surface area contributed by atoms with Gasteiger partial charge in [0.05, 0.1) is 17.4 Å². The van der Waals surface area contributed by atoms with E-state index in [4.69, 9.17) is 0 Å². The summed E-state index contributed by atoms with van der Waals surface area (Å²) in [5, 5.41) is 2.92. The number of carbonyl (C=O) groups excluding carboxylic acids is 2. The van der Waals surface area contributed by atoms with Crippen LogP contribution >= 0.6 is 0 Å². The molecule has 0 radical (unpaired) electrons. The molecular weight excluding hydrogens is 402 g/mol. The molecule has 3 heterocycles. The van der Waals surface area contributed by atoms with Crippen molar-refractivity contribution in [3.63, 3.8) is 0 Å². The van der Waals surface area contributed by atoms with Crippen LogP contribution in [0, 0.1) is 11.8 Å². The zero-order valence-corrected chi connectivity index (χ0v) is 18.4. The Kier molecular flexibility index (Phi) is 6.16. The maximum atomic E-state index is 12.7. The normalized spacial score (nSPS) is 29.3. The Bertz CT molecular complexity index is 899. The number of rotatable bonds is 5. The van der Waals surface area contributed by atoms with E-state index in [2.05, 4.69) is 17.1 Å². The molecule has 0 unspecified atom stereocenters. The molecule has 30 heavy (non-hydrogen) atoms. The van der Waals surface area contributed by atoms with Crippen LogP contribution in [0.5, 0.6) is 0 Å². The monoisotopic (exact) mass is 433 g/mol. The fraction of sp³-hybridized carbons (Fsp3) is 0.636. The van der Waals surface area contributed by atoms with Crippen LogP contribution in [-0.4, -0.2) is 67.2 Å². The minimum Gasteiger partial charge on any atom is -0.338 e. The fourth-order valence-electron chi connectivity index (χ4n) is 4.91. The average Bonchev–Trinajstić information content (AvgIpc) is 3.25. The number of anilines is 1. The van der Waals surface area contributed by atoms with Gasteiger partial charge in [0.25, 0.3) is 0 Å². The van der Waals surface area contributed by atoms with Crippen LogP contribution in [0.2, 0.25) is 0 Å². The Hall–Kier alpha value is -1.93. The molecular formula is C22H31N3O4S. The van der Waals surface area contributed by atoms with E-state index < -0.39 is 15.8 Å². The third-order valence-electron chi connectivity index (χ3n) is 6.55. The summed E-state index contributed by atoms with van der Waals surface area (Å²) in [5.41, 5.74) is 1.96. The van der Waals surface area contributed by atoms with Gasteiger partial charge in [-0.3, -0.25) is 14.5 Å². The minimum atomic E-state index is -3.06. The third-order valence-corrected chi connectivity index (χ3v) is 8.30. The maximum absolute atomic E-state index is 12.7. The van der Waals surface area contributed by atoms with E-state index in [1.807, 2.05) is 24.3 Å². The van der Waals surface area contributed by atoms with Gasteiger partial charge in [0.2, 0.25) is 11.8 Å². The molecule has 164 valence electrons. The summed E-state index contributed by atoms with van der Waals surface area (Å²) in [7, 11) is -3.06. The topological polar surface area (TPSA) is 86.8 Å². The molecule has 3 atom stereocenters. The zero-order chi connectivity index (χ0) is 21.3. The molecule has 1 N–H and O–H groups in total. The van der Waals surface area contributed by atoms with Gasteiger partial charge in [-0.15, -0.1) is 0 Å². The van der Waals surface area contributed by atoms with Gasteiger partial charge in [-0.25, -0.2) is 8.42 Å². The van der Waals surface area contributed by atoms with Crippen molar-refractivity contribution >= 4 is 27.3 Å². The lowest BCUT2D eigenvalue weighted by molar-refractivity contribution is -0.129. The quantitative estimate of drug-likeness (QED) is 0.766. The molecule has 0 saturated carbocycles. The van der Waals surface area contributed by atoms with Crippen molar-refractivity contribution < 1.29 is 18.0 Å². The third kappa shape index (κ3) is 5.03. The number of benzene rings is 1. The summed E-state index contributed by atoms with van der Waals surface area (Å²) in [5.74, 6) is 0.157. The molecule has 3 aliphatic rings. The van der Waals surface area contributed by atoms with Crippen LogP contribution in [0.15, 0.2) is 24.3 Å². The van der Waals surface area contributed by atoms with Crippen LogP contribution in [-0.2, 0) is 26.0 Å². The Morgan fingerprint density at radius 3 is 2.60 bits per heavy atom. The second kappa shape index (κ2) is 8.67. The SMILES string of the molecule is C[C@@H]1CCCN(Cc2ccc(NC(=O)[C@H]3CC(=O)N([C@H]4CCS(=O)(=O)C4)C3)cc2)C1. The largest absolute Gasteiger partial charge is 0.338 e. The number of hydrogen-bond donors (Lipinski definition) is 1. The van der Waals surface area contributed by atoms with E-state index in [1.165, 1.54) is 18.4 Å². The molecule has 4 rings (SSSR count). The molecule has 8 heteroatoms.